The van der Waals surface area contributed by atoms with Crippen LogP contribution in [0, 0.1) is 30.1 Å². The van der Waals surface area contributed by atoms with E-state index in [1.165, 1.54) is 44.6 Å². The van der Waals surface area contributed by atoms with Gasteiger partial charge in [-0.1, -0.05) is 6.07 Å². The molecule has 7 heteroatoms. The van der Waals surface area contributed by atoms with Crippen LogP contribution in [0.15, 0.2) is 18.2 Å². The number of anilines is 1. The molecule has 1 aromatic carbocycles. The van der Waals surface area contributed by atoms with Crippen molar-refractivity contribution in [3.05, 3.63) is 46.5 Å². The summed E-state index contributed by atoms with van der Waals surface area (Å²) in [5, 5.41) is 12.4. The minimum absolute atomic E-state index is 0.199. The summed E-state index contributed by atoms with van der Waals surface area (Å²) < 4.78 is 0. The summed E-state index contributed by atoms with van der Waals surface area (Å²) in [4.78, 5) is 35.8. The molecule has 0 radical (unpaired) electrons. The Morgan fingerprint density at radius 3 is 2.47 bits per heavy atom. The van der Waals surface area contributed by atoms with Gasteiger partial charge in [-0.25, -0.2) is 9.78 Å². The van der Waals surface area contributed by atoms with E-state index >= 15 is 0 Å². The van der Waals surface area contributed by atoms with Gasteiger partial charge in [0.2, 0.25) is 0 Å². The van der Waals surface area contributed by atoms with Crippen molar-refractivity contribution in [3.8, 4) is 0 Å². The molecule has 36 heavy (non-hydrogen) atoms. The van der Waals surface area contributed by atoms with Gasteiger partial charge < -0.3 is 15.4 Å². The molecule has 1 aliphatic heterocycles. The van der Waals surface area contributed by atoms with Gasteiger partial charge in [0, 0.05) is 11.4 Å². The van der Waals surface area contributed by atoms with E-state index in [4.69, 9.17) is 4.98 Å². The van der Waals surface area contributed by atoms with Crippen LogP contribution in [0.3, 0.4) is 0 Å². The average molecular weight is 491 g/mol. The third-order valence-corrected chi connectivity index (χ3v) is 9.64. The molecule has 0 spiro atoms. The first kappa shape index (κ1) is 23.7. The molecule has 1 amide bonds. The van der Waals surface area contributed by atoms with E-state index in [0.29, 0.717) is 22.4 Å². The van der Waals surface area contributed by atoms with Crippen LogP contribution < -0.4 is 5.32 Å². The summed E-state index contributed by atoms with van der Waals surface area (Å²) in [6.07, 6.45) is 12.5. The minimum Gasteiger partial charge on any atom is -0.478 e. The molecule has 5 fully saturated rings. The van der Waals surface area contributed by atoms with Crippen molar-refractivity contribution in [2.24, 2.45) is 23.2 Å². The van der Waals surface area contributed by atoms with Gasteiger partial charge in [-0.3, -0.25) is 9.69 Å². The van der Waals surface area contributed by atoms with Crippen molar-refractivity contribution in [1.29, 1.82) is 0 Å². The maximum Gasteiger partial charge on any atom is 0.336 e. The zero-order chi connectivity index (χ0) is 25.0. The second-order valence-corrected chi connectivity index (χ2v) is 12.3. The molecule has 7 rings (SSSR count). The number of carboxylic acid groups (broad SMARTS) is 1. The van der Waals surface area contributed by atoms with E-state index in [9.17, 15) is 14.7 Å². The zero-order valence-corrected chi connectivity index (χ0v) is 21.5. The van der Waals surface area contributed by atoms with Crippen LogP contribution in [0.5, 0.6) is 0 Å². The molecule has 192 valence electrons. The van der Waals surface area contributed by atoms with E-state index in [2.05, 4.69) is 22.2 Å². The third-order valence-electron chi connectivity index (χ3n) is 9.64. The summed E-state index contributed by atoms with van der Waals surface area (Å²) in [5.74, 6) is 2.36. The Balaban J connectivity index is 1.25. The van der Waals surface area contributed by atoms with Crippen molar-refractivity contribution >= 4 is 17.6 Å². The third kappa shape index (κ3) is 4.36. The van der Waals surface area contributed by atoms with Crippen LogP contribution in [0.1, 0.15) is 102 Å². The van der Waals surface area contributed by atoms with Gasteiger partial charge in [-0.2, -0.15) is 0 Å². The number of carbonyl (C=O) groups is 2. The Hall–Kier alpha value is -2.67. The highest BCUT2D eigenvalue weighted by Crippen LogP contribution is 2.61. The number of aromatic carboxylic acids is 1. The van der Waals surface area contributed by atoms with Crippen LogP contribution in [-0.2, 0) is 6.42 Å². The number of carbonyl (C=O) groups excluding carboxylic acids is 1. The molecule has 4 bridgehead atoms. The summed E-state index contributed by atoms with van der Waals surface area (Å²) in [5.41, 5.74) is 3.19. The van der Waals surface area contributed by atoms with Gasteiger partial charge in [0.25, 0.3) is 5.91 Å². The number of aryl methyl sites for hydroxylation is 2. The highest BCUT2D eigenvalue weighted by atomic mass is 16.4. The molecule has 2 aromatic rings. The molecular formula is C29H38N4O3. The molecule has 7 nitrogen and oxygen atoms in total. The minimum atomic E-state index is -0.994. The number of likely N-dealkylation sites (tertiary alicyclic amines) is 1. The number of aromatic amines is 1. The molecule has 2 heterocycles. The Labute approximate surface area is 213 Å². The summed E-state index contributed by atoms with van der Waals surface area (Å²) in [6, 6.07) is 5.23. The molecule has 1 atom stereocenters. The predicted molar refractivity (Wildman–Crippen MR) is 138 cm³/mol. The van der Waals surface area contributed by atoms with Gasteiger partial charge in [-0.15, -0.1) is 0 Å². The van der Waals surface area contributed by atoms with Gasteiger partial charge in [0.15, 0.2) is 0 Å². The molecule has 1 aromatic heterocycles. The number of benzene rings is 1. The lowest BCUT2D eigenvalue weighted by Crippen LogP contribution is -2.46. The summed E-state index contributed by atoms with van der Waals surface area (Å²) >= 11 is 0. The van der Waals surface area contributed by atoms with Crippen LogP contribution in [0.4, 0.5) is 5.69 Å². The lowest BCUT2D eigenvalue weighted by molar-refractivity contribution is -0.0570. The lowest BCUT2D eigenvalue weighted by atomic mass is 9.48. The van der Waals surface area contributed by atoms with Gasteiger partial charge in [0.1, 0.15) is 11.5 Å². The highest BCUT2D eigenvalue weighted by Gasteiger charge is 2.50. The number of amides is 1. The summed E-state index contributed by atoms with van der Waals surface area (Å²) in [7, 11) is 2.12. The number of rotatable bonds is 7. The Morgan fingerprint density at radius 1 is 1.17 bits per heavy atom. The standard InChI is InChI=1S/C29H38N4O3/c1-17-5-6-21(13-22(17)28(35)36)30-27(34)25-23(31-26(32-25)24-4-3-9-33(24)2)7-8-29-14-18-10-19(15-29)12-20(11-18)16-29/h5-6,13,18-20,24H,3-4,7-12,14-16H2,1-2H3,(H,30,34)(H,31,32)(H,35,36)/t18?,19?,20?,24-,29?/m0/s1. The highest BCUT2D eigenvalue weighted by molar-refractivity contribution is 6.04. The second kappa shape index (κ2) is 9.02. The Kier molecular flexibility index (Phi) is 5.94. The molecule has 4 aliphatic carbocycles. The maximum atomic E-state index is 13.5. The SMILES string of the molecule is Cc1ccc(NC(=O)c2nc([C@@H]3CCCN3C)[nH]c2CCC23CC4CC(CC(C4)C2)C3)cc1C(=O)O. The number of nitrogens with zero attached hydrogens (tertiary/aromatic N) is 2. The fourth-order valence-corrected chi connectivity index (χ4v) is 8.32. The van der Waals surface area contributed by atoms with E-state index < -0.39 is 5.97 Å². The average Bonchev–Trinajstić information content (AvgIpc) is 3.44. The fourth-order valence-electron chi connectivity index (χ4n) is 8.32. The quantitative estimate of drug-likeness (QED) is 0.470. The van der Waals surface area contributed by atoms with Crippen LogP contribution in [-0.4, -0.2) is 45.4 Å². The summed E-state index contributed by atoms with van der Waals surface area (Å²) in [6.45, 7) is 2.80. The maximum absolute atomic E-state index is 13.5. The molecular weight excluding hydrogens is 452 g/mol. The number of hydrogen-bond donors (Lipinski definition) is 3. The first-order valence-corrected chi connectivity index (χ1v) is 13.7. The molecule has 4 saturated carbocycles. The topological polar surface area (TPSA) is 98.3 Å². The fraction of sp³-hybridized carbons (Fsp3) is 0.621. The molecule has 0 unspecified atom stereocenters. The number of nitrogens with one attached hydrogen (secondary N) is 2. The second-order valence-electron chi connectivity index (χ2n) is 12.3. The number of carboxylic acids is 1. The van der Waals surface area contributed by atoms with Gasteiger partial charge >= 0.3 is 5.97 Å². The van der Waals surface area contributed by atoms with Crippen molar-refractivity contribution in [3.63, 3.8) is 0 Å². The zero-order valence-electron chi connectivity index (χ0n) is 21.5. The first-order chi connectivity index (χ1) is 17.3. The first-order valence-electron chi connectivity index (χ1n) is 13.7. The van der Waals surface area contributed by atoms with Gasteiger partial charge in [-0.05, 0) is 126 Å². The van der Waals surface area contributed by atoms with Crippen LogP contribution >= 0.6 is 0 Å². The number of hydrogen-bond acceptors (Lipinski definition) is 4. The van der Waals surface area contributed by atoms with E-state index in [-0.39, 0.29) is 17.5 Å². The van der Waals surface area contributed by atoms with E-state index in [1.54, 1.807) is 19.1 Å². The van der Waals surface area contributed by atoms with Crippen molar-refractivity contribution in [1.82, 2.24) is 14.9 Å². The van der Waals surface area contributed by atoms with Crippen molar-refractivity contribution in [2.45, 2.75) is 77.2 Å². The Bertz CT molecular complexity index is 1150. The van der Waals surface area contributed by atoms with E-state index in [1.807, 2.05) is 0 Å². The number of aromatic nitrogens is 2. The Morgan fingerprint density at radius 2 is 1.86 bits per heavy atom. The van der Waals surface area contributed by atoms with Crippen molar-refractivity contribution in [2.75, 3.05) is 18.9 Å². The predicted octanol–water partition coefficient (Wildman–Crippen LogP) is 5.58. The normalized spacial score (nSPS) is 31.2. The van der Waals surface area contributed by atoms with E-state index in [0.717, 1.165) is 61.5 Å². The number of imidazole rings is 1. The van der Waals surface area contributed by atoms with Crippen LogP contribution in [0.2, 0.25) is 0 Å². The lowest BCUT2D eigenvalue weighted by Gasteiger charge is -2.57. The molecule has 1 saturated heterocycles. The number of H-pyrrole nitrogens is 1. The van der Waals surface area contributed by atoms with Crippen LogP contribution in [0.25, 0.3) is 0 Å². The molecule has 5 aliphatic rings. The van der Waals surface area contributed by atoms with Gasteiger partial charge in [0.05, 0.1) is 11.6 Å². The smallest absolute Gasteiger partial charge is 0.336 e. The molecule has 3 N–H and O–H groups in total. The monoisotopic (exact) mass is 490 g/mol. The van der Waals surface area contributed by atoms with Crippen molar-refractivity contribution < 1.29 is 14.7 Å². The largest absolute Gasteiger partial charge is 0.478 e.